The first kappa shape index (κ1) is 21.6. The molecule has 1 heterocycles. The molecule has 0 spiro atoms. The van der Waals surface area contributed by atoms with Crippen molar-refractivity contribution in [2.45, 2.75) is 26.0 Å². The van der Waals surface area contributed by atoms with E-state index in [1.807, 2.05) is 47.4 Å². The van der Waals surface area contributed by atoms with Crippen molar-refractivity contribution >= 4 is 23.3 Å². The Morgan fingerprint density at radius 1 is 1.00 bits per heavy atom. The van der Waals surface area contributed by atoms with E-state index in [4.69, 9.17) is 0 Å². The molecule has 0 radical (unpaired) electrons. The molecule has 4 rings (SSSR count). The van der Waals surface area contributed by atoms with Gasteiger partial charge in [0.2, 0.25) is 0 Å². The Labute approximate surface area is 188 Å². The number of hydrogen-bond donors (Lipinski definition) is 2. The standard InChI is InChI=1S/C26H27N3O3/c1-19(30)21-10-5-12-23(16-21)27-25(31)22-11-6-13-24(17-22)29-15-7-14-28(26(29)32)18-20-8-3-2-4-9-20/h2-6,8-13,16-17,19,30H,7,14-15,18H2,1H3,(H,27,31). The van der Waals surface area contributed by atoms with E-state index in [-0.39, 0.29) is 11.9 Å². The summed E-state index contributed by atoms with van der Waals surface area (Å²) in [6.07, 6.45) is 0.250. The van der Waals surface area contributed by atoms with E-state index in [9.17, 15) is 14.7 Å². The van der Waals surface area contributed by atoms with Crippen molar-refractivity contribution in [3.63, 3.8) is 0 Å². The number of hydrogen-bond acceptors (Lipinski definition) is 3. The van der Waals surface area contributed by atoms with Gasteiger partial charge in [0.1, 0.15) is 0 Å². The SMILES string of the molecule is CC(O)c1cccc(NC(=O)c2cccc(N3CCCN(Cc4ccccc4)C3=O)c2)c1. The van der Waals surface area contributed by atoms with E-state index in [2.05, 4.69) is 5.32 Å². The van der Waals surface area contributed by atoms with Gasteiger partial charge in [-0.25, -0.2) is 4.79 Å². The van der Waals surface area contributed by atoms with Gasteiger partial charge in [0.05, 0.1) is 6.10 Å². The lowest BCUT2D eigenvalue weighted by Gasteiger charge is -2.35. The number of aliphatic hydroxyl groups is 1. The second-order valence-electron chi connectivity index (χ2n) is 8.00. The molecule has 0 saturated carbocycles. The monoisotopic (exact) mass is 429 g/mol. The van der Waals surface area contributed by atoms with Crippen LogP contribution in [0.2, 0.25) is 0 Å². The van der Waals surface area contributed by atoms with Crippen LogP contribution in [0.15, 0.2) is 78.9 Å². The normalized spacial score (nSPS) is 14.9. The van der Waals surface area contributed by atoms with E-state index in [1.165, 1.54) is 0 Å². The van der Waals surface area contributed by atoms with Crippen molar-refractivity contribution < 1.29 is 14.7 Å². The highest BCUT2D eigenvalue weighted by molar-refractivity contribution is 6.05. The van der Waals surface area contributed by atoms with Gasteiger partial charge in [0, 0.05) is 36.6 Å². The third kappa shape index (κ3) is 4.98. The van der Waals surface area contributed by atoms with Gasteiger partial charge in [-0.15, -0.1) is 0 Å². The molecule has 3 aromatic rings. The maximum absolute atomic E-state index is 13.1. The fourth-order valence-corrected chi connectivity index (χ4v) is 3.87. The number of nitrogens with one attached hydrogen (secondary N) is 1. The molecule has 32 heavy (non-hydrogen) atoms. The molecule has 6 heteroatoms. The van der Waals surface area contributed by atoms with Crippen LogP contribution in [0.5, 0.6) is 0 Å². The number of carbonyl (C=O) groups excluding carboxylic acids is 2. The summed E-state index contributed by atoms with van der Waals surface area (Å²) < 4.78 is 0. The molecule has 1 fully saturated rings. The number of anilines is 2. The zero-order valence-electron chi connectivity index (χ0n) is 18.1. The number of carbonyl (C=O) groups is 2. The van der Waals surface area contributed by atoms with Crippen molar-refractivity contribution in [1.82, 2.24) is 4.90 Å². The summed E-state index contributed by atoms with van der Waals surface area (Å²) in [6.45, 7) is 3.58. The average molecular weight is 430 g/mol. The minimum absolute atomic E-state index is 0.0534. The first-order valence-corrected chi connectivity index (χ1v) is 10.8. The van der Waals surface area contributed by atoms with Crippen molar-refractivity contribution in [1.29, 1.82) is 0 Å². The van der Waals surface area contributed by atoms with E-state index < -0.39 is 6.10 Å². The predicted molar refractivity (Wildman–Crippen MR) is 126 cm³/mol. The van der Waals surface area contributed by atoms with E-state index >= 15 is 0 Å². The number of benzene rings is 3. The Morgan fingerprint density at radius 3 is 2.56 bits per heavy atom. The van der Waals surface area contributed by atoms with Crippen LogP contribution in [0.1, 0.15) is 40.9 Å². The Morgan fingerprint density at radius 2 is 1.78 bits per heavy atom. The summed E-state index contributed by atoms with van der Waals surface area (Å²) >= 11 is 0. The third-order valence-corrected chi connectivity index (χ3v) is 5.57. The second-order valence-corrected chi connectivity index (χ2v) is 8.00. The molecule has 1 aliphatic rings. The topological polar surface area (TPSA) is 72.9 Å². The molecule has 1 atom stereocenters. The average Bonchev–Trinajstić information content (AvgIpc) is 2.81. The van der Waals surface area contributed by atoms with Crippen molar-refractivity contribution in [2.24, 2.45) is 0 Å². The zero-order chi connectivity index (χ0) is 22.5. The number of nitrogens with zero attached hydrogens (tertiary/aromatic N) is 2. The van der Waals surface area contributed by atoms with Gasteiger partial charge in [-0.2, -0.15) is 0 Å². The summed E-state index contributed by atoms with van der Waals surface area (Å²) in [6, 6.07) is 24.2. The second kappa shape index (κ2) is 9.66. The molecule has 3 aromatic carbocycles. The fraction of sp³-hybridized carbons (Fsp3) is 0.231. The molecule has 0 bridgehead atoms. The summed E-state index contributed by atoms with van der Waals surface area (Å²) in [7, 11) is 0. The molecule has 164 valence electrons. The fourth-order valence-electron chi connectivity index (χ4n) is 3.87. The highest BCUT2D eigenvalue weighted by Crippen LogP contribution is 2.24. The van der Waals surface area contributed by atoms with Crippen LogP contribution in [0.4, 0.5) is 16.2 Å². The van der Waals surface area contributed by atoms with Crippen LogP contribution in [-0.2, 0) is 6.54 Å². The minimum atomic E-state index is -0.612. The molecule has 0 aromatic heterocycles. The van der Waals surface area contributed by atoms with Crippen LogP contribution in [-0.4, -0.2) is 35.0 Å². The van der Waals surface area contributed by atoms with Crippen LogP contribution in [0.25, 0.3) is 0 Å². The highest BCUT2D eigenvalue weighted by atomic mass is 16.3. The number of aliphatic hydroxyl groups excluding tert-OH is 1. The van der Waals surface area contributed by atoms with Gasteiger partial charge >= 0.3 is 6.03 Å². The molecule has 1 saturated heterocycles. The third-order valence-electron chi connectivity index (χ3n) is 5.57. The summed E-state index contributed by atoms with van der Waals surface area (Å²) in [5, 5.41) is 12.6. The minimum Gasteiger partial charge on any atom is -0.389 e. The zero-order valence-corrected chi connectivity index (χ0v) is 18.1. The molecular weight excluding hydrogens is 402 g/mol. The molecule has 1 unspecified atom stereocenters. The maximum atomic E-state index is 13.1. The van der Waals surface area contributed by atoms with Gasteiger partial charge in [0.15, 0.2) is 0 Å². The molecule has 3 amide bonds. The lowest BCUT2D eigenvalue weighted by Crippen LogP contribution is -2.49. The summed E-state index contributed by atoms with van der Waals surface area (Å²) in [4.78, 5) is 29.5. The molecule has 0 aliphatic carbocycles. The Kier molecular flexibility index (Phi) is 6.52. The van der Waals surface area contributed by atoms with Gasteiger partial charge < -0.3 is 15.3 Å². The van der Waals surface area contributed by atoms with Crippen molar-refractivity contribution in [3.05, 3.63) is 95.6 Å². The molecular formula is C26H27N3O3. The maximum Gasteiger partial charge on any atom is 0.324 e. The molecule has 1 aliphatic heterocycles. The summed E-state index contributed by atoms with van der Waals surface area (Å²) in [5.41, 5.74) is 3.61. The van der Waals surface area contributed by atoms with Gasteiger partial charge in [-0.1, -0.05) is 48.5 Å². The van der Waals surface area contributed by atoms with Gasteiger partial charge in [-0.05, 0) is 54.8 Å². The van der Waals surface area contributed by atoms with E-state index in [0.29, 0.717) is 36.6 Å². The first-order chi connectivity index (χ1) is 15.5. The Bertz CT molecular complexity index is 1100. The highest BCUT2D eigenvalue weighted by Gasteiger charge is 2.27. The first-order valence-electron chi connectivity index (χ1n) is 10.8. The summed E-state index contributed by atoms with van der Waals surface area (Å²) in [5.74, 6) is -0.264. The quantitative estimate of drug-likeness (QED) is 0.590. The molecule has 6 nitrogen and oxygen atoms in total. The Hall–Kier alpha value is -3.64. The van der Waals surface area contributed by atoms with E-state index in [0.717, 1.165) is 17.5 Å². The predicted octanol–water partition coefficient (Wildman–Crippen LogP) is 4.82. The van der Waals surface area contributed by atoms with Gasteiger partial charge in [-0.3, -0.25) is 9.69 Å². The van der Waals surface area contributed by atoms with Gasteiger partial charge in [0.25, 0.3) is 5.91 Å². The van der Waals surface area contributed by atoms with Crippen LogP contribution < -0.4 is 10.2 Å². The molecule has 2 N–H and O–H groups in total. The van der Waals surface area contributed by atoms with E-state index in [1.54, 1.807) is 48.2 Å². The largest absolute Gasteiger partial charge is 0.389 e. The lowest BCUT2D eigenvalue weighted by atomic mass is 10.1. The lowest BCUT2D eigenvalue weighted by molar-refractivity contribution is 0.102. The number of urea groups is 1. The Balaban J connectivity index is 1.49. The van der Waals surface area contributed by atoms with Crippen molar-refractivity contribution in [2.75, 3.05) is 23.3 Å². The van der Waals surface area contributed by atoms with Crippen LogP contribution in [0.3, 0.4) is 0 Å². The smallest absolute Gasteiger partial charge is 0.324 e. The number of rotatable bonds is 6. The van der Waals surface area contributed by atoms with Crippen LogP contribution >= 0.6 is 0 Å². The number of amides is 3. The van der Waals surface area contributed by atoms with Crippen LogP contribution in [0, 0.1) is 0 Å². The van der Waals surface area contributed by atoms with Crippen molar-refractivity contribution in [3.8, 4) is 0 Å².